The van der Waals surface area contributed by atoms with Crippen molar-refractivity contribution in [2.24, 2.45) is 0 Å². The van der Waals surface area contributed by atoms with E-state index in [1.807, 2.05) is 19.1 Å². The Morgan fingerprint density at radius 3 is 2.48 bits per heavy atom. The summed E-state index contributed by atoms with van der Waals surface area (Å²) in [5, 5.41) is 5.25. The van der Waals surface area contributed by atoms with Crippen LogP contribution in [0.4, 0.5) is 10.2 Å². The van der Waals surface area contributed by atoms with Gasteiger partial charge >= 0.3 is 0 Å². The summed E-state index contributed by atoms with van der Waals surface area (Å²) >= 11 is 0. The zero-order valence-electron chi connectivity index (χ0n) is 14.6. The van der Waals surface area contributed by atoms with Crippen LogP contribution >= 0.6 is 0 Å². The van der Waals surface area contributed by atoms with Crippen LogP contribution in [-0.4, -0.2) is 21.8 Å². The number of carbonyl (C=O) groups is 2. The molecule has 0 fully saturated rings. The Labute approximate surface area is 155 Å². The van der Waals surface area contributed by atoms with Gasteiger partial charge in [0.15, 0.2) is 11.5 Å². The molecule has 0 atom stereocenters. The lowest BCUT2D eigenvalue weighted by molar-refractivity contribution is 0.0946. The number of halogens is 1. The number of hydrogen-bond donors (Lipinski definition) is 2. The van der Waals surface area contributed by atoms with Gasteiger partial charge in [-0.2, -0.15) is 0 Å². The van der Waals surface area contributed by atoms with E-state index < -0.39 is 11.8 Å². The number of benzene rings is 2. The number of nitrogens with one attached hydrogen (secondary N) is 2. The maximum atomic E-state index is 13.2. The van der Waals surface area contributed by atoms with Gasteiger partial charge in [-0.3, -0.25) is 9.59 Å². The fourth-order valence-corrected chi connectivity index (χ4v) is 2.39. The Balaban J connectivity index is 1.72. The molecule has 0 aliphatic carbocycles. The van der Waals surface area contributed by atoms with Crippen molar-refractivity contribution in [1.29, 1.82) is 0 Å². The number of anilines is 1. The van der Waals surface area contributed by atoms with Crippen LogP contribution in [0.2, 0.25) is 0 Å². The first-order chi connectivity index (χ1) is 13.0. The third-order valence-electron chi connectivity index (χ3n) is 3.80. The Morgan fingerprint density at radius 1 is 1.00 bits per heavy atom. The molecule has 0 radical (unpaired) electrons. The molecule has 0 aliphatic heterocycles. The van der Waals surface area contributed by atoms with Crippen LogP contribution in [0.3, 0.4) is 0 Å². The third-order valence-corrected chi connectivity index (χ3v) is 3.80. The summed E-state index contributed by atoms with van der Waals surface area (Å²) in [4.78, 5) is 32.8. The van der Waals surface area contributed by atoms with Crippen molar-refractivity contribution in [3.05, 3.63) is 89.1 Å². The van der Waals surface area contributed by atoms with E-state index in [9.17, 15) is 14.0 Å². The molecular weight excluding hydrogens is 347 g/mol. The molecule has 7 heteroatoms. The van der Waals surface area contributed by atoms with Crippen molar-refractivity contribution in [3.8, 4) is 0 Å². The van der Waals surface area contributed by atoms with Gasteiger partial charge in [0.1, 0.15) is 5.82 Å². The van der Waals surface area contributed by atoms with Gasteiger partial charge in [-0.05, 0) is 36.8 Å². The Bertz CT molecular complexity index is 974. The lowest BCUT2D eigenvalue weighted by atomic mass is 10.1. The van der Waals surface area contributed by atoms with E-state index in [0.717, 1.165) is 5.56 Å². The topological polar surface area (TPSA) is 84.0 Å². The summed E-state index contributed by atoms with van der Waals surface area (Å²) in [6, 6.07) is 12.9. The van der Waals surface area contributed by atoms with Crippen molar-refractivity contribution >= 4 is 17.6 Å². The molecule has 2 amide bonds. The van der Waals surface area contributed by atoms with E-state index in [0.29, 0.717) is 11.1 Å². The van der Waals surface area contributed by atoms with Crippen LogP contribution in [0.1, 0.15) is 32.0 Å². The number of aromatic nitrogens is 2. The highest BCUT2D eigenvalue weighted by Gasteiger charge is 2.17. The summed E-state index contributed by atoms with van der Waals surface area (Å²) in [7, 11) is 0. The highest BCUT2D eigenvalue weighted by Crippen LogP contribution is 2.12. The normalized spacial score (nSPS) is 10.3. The average Bonchev–Trinajstić information content (AvgIpc) is 2.67. The van der Waals surface area contributed by atoms with Gasteiger partial charge < -0.3 is 10.6 Å². The van der Waals surface area contributed by atoms with Gasteiger partial charge in [0.05, 0.1) is 0 Å². The first kappa shape index (κ1) is 18.2. The molecule has 0 spiro atoms. The van der Waals surface area contributed by atoms with Gasteiger partial charge in [0.25, 0.3) is 11.8 Å². The minimum absolute atomic E-state index is 0.0191. The molecular formula is C20H17FN4O2. The van der Waals surface area contributed by atoms with Crippen molar-refractivity contribution in [2.45, 2.75) is 13.5 Å². The van der Waals surface area contributed by atoms with Gasteiger partial charge in [0, 0.05) is 24.5 Å². The lowest BCUT2D eigenvalue weighted by Gasteiger charge is -2.10. The van der Waals surface area contributed by atoms with E-state index in [4.69, 9.17) is 0 Å². The number of carbonyl (C=O) groups excluding carboxylic acids is 2. The molecule has 0 saturated heterocycles. The zero-order valence-corrected chi connectivity index (χ0v) is 14.6. The molecule has 0 bridgehead atoms. The quantitative estimate of drug-likeness (QED) is 0.729. The second-order valence-corrected chi connectivity index (χ2v) is 5.89. The van der Waals surface area contributed by atoms with E-state index in [2.05, 4.69) is 20.6 Å². The number of amides is 2. The fourth-order valence-electron chi connectivity index (χ4n) is 2.39. The monoisotopic (exact) mass is 364 g/mol. The Kier molecular flexibility index (Phi) is 5.51. The first-order valence-corrected chi connectivity index (χ1v) is 8.24. The fraction of sp³-hybridized carbons (Fsp3) is 0.100. The smallest absolute Gasteiger partial charge is 0.274 e. The lowest BCUT2D eigenvalue weighted by Crippen LogP contribution is -2.26. The predicted molar refractivity (Wildman–Crippen MR) is 98.7 cm³/mol. The Morgan fingerprint density at radius 2 is 1.74 bits per heavy atom. The van der Waals surface area contributed by atoms with Crippen molar-refractivity contribution in [3.63, 3.8) is 0 Å². The van der Waals surface area contributed by atoms with Crippen LogP contribution in [0.15, 0.2) is 60.9 Å². The second kappa shape index (κ2) is 8.18. The molecule has 3 rings (SSSR count). The molecule has 3 aromatic rings. The van der Waals surface area contributed by atoms with Crippen molar-refractivity contribution in [2.75, 3.05) is 5.32 Å². The van der Waals surface area contributed by atoms with Crippen LogP contribution < -0.4 is 10.6 Å². The molecule has 6 nitrogen and oxygen atoms in total. The highest BCUT2D eigenvalue weighted by atomic mass is 19.1. The van der Waals surface area contributed by atoms with Gasteiger partial charge in [-0.1, -0.05) is 29.8 Å². The van der Waals surface area contributed by atoms with E-state index in [-0.39, 0.29) is 23.9 Å². The second-order valence-electron chi connectivity index (χ2n) is 5.89. The van der Waals surface area contributed by atoms with Crippen molar-refractivity contribution in [1.82, 2.24) is 15.3 Å². The van der Waals surface area contributed by atoms with E-state index in [1.54, 1.807) is 24.3 Å². The highest BCUT2D eigenvalue weighted by molar-refractivity contribution is 6.07. The summed E-state index contributed by atoms with van der Waals surface area (Å²) in [6.45, 7) is 2.05. The number of hydrogen-bond acceptors (Lipinski definition) is 4. The van der Waals surface area contributed by atoms with E-state index in [1.165, 1.54) is 24.5 Å². The molecule has 27 heavy (non-hydrogen) atoms. The molecule has 0 aliphatic rings. The molecule has 2 N–H and O–H groups in total. The van der Waals surface area contributed by atoms with Crippen LogP contribution in [0.5, 0.6) is 0 Å². The SMILES string of the molecule is Cc1ccc(C(=O)Nc2nccnc2C(=O)NCc2cccc(F)c2)cc1. The minimum Gasteiger partial charge on any atom is -0.346 e. The van der Waals surface area contributed by atoms with Gasteiger partial charge in [-0.15, -0.1) is 0 Å². The maximum Gasteiger partial charge on any atom is 0.274 e. The average molecular weight is 364 g/mol. The summed E-state index contributed by atoms with van der Waals surface area (Å²) in [6.07, 6.45) is 2.74. The molecule has 0 unspecified atom stereocenters. The molecule has 0 saturated carbocycles. The zero-order chi connectivity index (χ0) is 19.2. The minimum atomic E-state index is -0.522. The predicted octanol–water partition coefficient (Wildman–Crippen LogP) is 3.11. The largest absolute Gasteiger partial charge is 0.346 e. The molecule has 1 aromatic heterocycles. The van der Waals surface area contributed by atoms with Gasteiger partial charge in [-0.25, -0.2) is 14.4 Å². The number of aryl methyl sites for hydroxylation is 1. The third kappa shape index (κ3) is 4.72. The number of nitrogens with zero attached hydrogens (tertiary/aromatic N) is 2. The molecule has 2 aromatic carbocycles. The first-order valence-electron chi connectivity index (χ1n) is 8.24. The van der Waals surface area contributed by atoms with Crippen LogP contribution in [0.25, 0.3) is 0 Å². The standard InChI is InChI=1S/C20H17FN4O2/c1-13-5-7-15(8-6-13)19(26)25-18-17(22-9-10-23-18)20(27)24-12-14-3-2-4-16(21)11-14/h2-11H,12H2,1H3,(H,24,27)(H,23,25,26). The van der Waals surface area contributed by atoms with Gasteiger partial charge in [0.2, 0.25) is 0 Å². The molecule has 1 heterocycles. The van der Waals surface area contributed by atoms with E-state index >= 15 is 0 Å². The number of rotatable bonds is 5. The van der Waals surface area contributed by atoms with Crippen LogP contribution in [-0.2, 0) is 6.54 Å². The Hall–Kier alpha value is -3.61. The van der Waals surface area contributed by atoms with Crippen molar-refractivity contribution < 1.29 is 14.0 Å². The van der Waals surface area contributed by atoms with Crippen LogP contribution in [0, 0.1) is 12.7 Å². The summed E-state index contributed by atoms with van der Waals surface area (Å²) in [5.41, 5.74) is 2.06. The maximum absolute atomic E-state index is 13.2. The summed E-state index contributed by atoms with van der Waals surface area (Å²) < 4.78 is 13.2. The summed E-state index contributed by atoms with van der Waals surface area (Å²) in [5.74, 6) is -1.24. The molecule has 136 valence electrons.